The summed E-state index contributed by atoms with van der Waals surface area (Å²) in [6.45, 7) is 6.71. The van der Waals surface area contributed by atoms with E-state index in [1.165, 1.54) is 17.8 Å². The molecular weight excluding hydrogens is 134 g/mol. The lowest BCUT2D eigenvalue weighted by Crippen LogP contribution is -1.99. The van der Waals surface area contributed by atoms with Crippen molar-refractivity contribution in [2.24, 2.45) is 5.92 Å². The molecule has 2 atom stereocenters. The van der Waals surface area contributed by atoms with Crippen molar-refractivity contribution in [3.8, 4) is 0 Å². The van der Waals surface area contributed by atoms with E-state index in [0.717, 1.165) is 12.0 Å². The van der Waals surface area contributed by atoms with Gasteiger partial charge in [-0.05, 0) is 38.3 Å². The van der Waals surface area contributed by atoms with Gasteiger partial charge in [-0.25, -0.2) is 0 Å². The van der Waals surface area contributed by atoms with Crippen LogP contribution < -0.4 is 0 Å². The molecule has 1 heteroatoms. The van der Waals surface area contributed by atoms with Gasteiger partial charge in [0, 0.05) is 17.4 Å². The number of aromatic nitrogens is 1. The molecule has 1 aliphatic carbocycles. The topological polar surface area (TPSA) is 4.93 Å². The largest absolute Gasteiger partial charge is 0.346 e. The second-order valence-electron chi connectivity index (χ2n) is 3.77. The summed E-state index contributed by atoms with van der Waals surface area (Å²) >= 11 is 0. The van der Waals surface area contributed by atoms with Crippen molar-refractivity contribution in [3.05, 3.63) is 23.5 Å². The normalized spacial score (nSPS) is 29.0. The summed E-state index contributed by atoms with van der Waals surface area (Å²) < 4.78 is 2.46. The maximum Gasteiger partial charge on any atom is 0.0365 e. The van der Waals surface area contributed by atoms with Crippen molar-refractivity contribution in [1.29, 1.82) is 0 Å². The van der Waals surface area contributed by atoms with E-state index in [2.05, 4.69) is 37.5 Å². The summed E-state index contributed by atoms with van der Waals surface area (Å²) in [5.74, 6) is 0.903. The molecule has 2 rings (SSSR count). The quantitative estimate of drug-likeness (QED) is 0.578. The average molecular weight is 149 g/mol. The van der Waals surface area contributed by atoms with Gasteiger partial charge in [0.25, 0.3) is 0 Å². The SMILES string of the molecule is Cc1ccc(C)n1C1CC1C. The second kappa shape index (κ2) is 2.13. The van der Waals surface area contributed by atoms with Gasteiger partial charge in [-0.3, -0.25) is 0 Å². The van der Waals surface area contributed by atoms with Gasteiger partial charge in [0.15, 0.2) is 0 Å². The van der Waals surface area contributed by atoms with E-state index in [4.69, 9.17) is 0 Å². The highest BCUT2D eigenvalue weighted by Crippen LogP contribution is 2.44. The number of rotatable bonds is 1. The molecule has 1 fully saturated rings. The third kappa shape index (κ3) is 0.991. The molecule has 1 nitrogen and oxygen atoms in total. The van der Waals surface area contributed by atoms with Gasteiger partial charge in [0.05, 0.1) is 0 Å². The molecule has 60 valence electrons. The fraction of sp³-hybridized carbons (Fsp3) is 0.600. The third-order valence-electron chi connectivity index (χ3n) is 2.72. The summed E-state index contributed by atoms with van der Waals surface area (Å²) in [7, 11) is 0. The number of nitrogens with zero attached hydrogens (tertiary/aromatic N) is 1. The van der Waals surface area contributed by atoms with Crippen LogP contribution in [0.15, 0.2) is 12.1 Å². The minimum absolute atomic E-state index is 0.810. The molecular formula is C10H15N. The van der Waals surface area contributed by atoms with Crippen LogP contribution in [0.3, 0.4) is 0 Å². The Kier molecular flexibility index (Phi) is 1.35. The van der Waals surface area contributed by atoms with E-state index in [0.29, 0.717) is 0 Å². The molecule has 0 aliphatic heterocycles. The van der Waals surface area contributed by atoms with Crippen LogP contribution in [-0.2, 0) is 0 Å². The smallest absolute Gasteiger partial charge is 0.0365 e. The van der Waals surface area contributed by atoms with Gasteiger partial charge >= 0.3 is 0 Å². The Balaban J connectivity index is 2.36. The van der Waals surface area contributed by atoms with Crippen LogP contribution in [-0.4, -0.2) is 4.57 Å². The maximum atomic E-state index is 2.46. The zero-order chi connectivity index (χ0) is 8.01. The van der Waals surface area contributed by atoms with Gasteiger partial charge in [-0.1, -0.05) is 6.92 Å². The Morgan fingerprint density at radius 1 is 1.27 bits per heavy atom. The van der Waals surface area contributed by atoms with Crippen LogP contribution in [0.25, 0.3) is 0 Å². The van der Waals surface area contributed by atoms with Crippen LogP contribution in [0.5, 0.6) is 0 Å². The van der Waals surface area contributed by atoms with Crippen molar-refractivity contribution < 1.29 is 0 Å². The Morgan fingerprint density at radius 3 is 2.09 bits per heavy atom. The highest BCUT2D eigenvalue weighted by atomic mass is 15.1. The predicted octanol–water partition coefficient (Wildman–Crippen LogP) is 2.69. The van der Waals surface area contributed by atoms with Crippen molar-refractivity contribution in [1.82, 2.24) is 4.57 Å². The van der Waals surface area contributed by atoms with Gasteiger partial charge < -0.3 is 4.57 Å². The van der Waals surface area contributed by atoms with Crippen molar-refractivity contribution in [3.63, 3.8) is 0 Å². The predicted molar refractivity (Wildman–Crippen MR) is 46.7 cm³/mol. The first-order chi connectivity index (χ1) is 5.20. The van der Waals surface area contributed by atoms with Crippen LogP contribution >= 0.6 is 0 Å². The van der Waals surface area contributed by atoms with Crippen LogP contribution in [0, 0.1) is 19.8 Å². The maximum absolute atomic E-state index is 2.46. The highest BCUT2D eigenvalue weighted by Gasteiger charge is 2.35. The Morgan fingerprint density at radius 2 is 1.73 bits per heavy atom. The van der Waals surface area contributed by atoms with E-state index in [-0.39, 0.29) is 0 Å². The molecule has 0 aromatic carbocycles. The van der Waals surface area contributed by atoms with Crippen LogP contribution in [0.1, 0.15) is 30.8 Å². The van der Waals surface area contributed by atoms with Gasteiger partial charge in [0.2, 0.25) is 0 Å². The van der Waals surface area contributed by atoms with Crippen LogP contribution in [0.2, 0.25) is 0 Å². The van der Waals surface area contributed by atoms with E-state index < -0.39 is 0 Å². The average Bonchev–Trinajstić information content (AvgIpc) is 2.54. The molecule has 0 bridgehead atoms. The summed E-state index contributed by atoms with van der Waals surface area (Å²) in [6.07, 6.45) is 1.37. The number of hydrogen-bond donors (Lipinski definition) is 0. The molecule has 11 heavy (non-hydrogen) atoms. The van der Waals surface area contributed by atoms with Crippen LogP contribution in [0.4, 0.5) is 0 Å². The molecule has 0 radical (unpaired) electrons. The molecule has 1 saturated carbocycles. The molecule has 2 unspecified atom stereocenters. The van der Waals surface area contributed by atoms with Gasteiger partial charge in [-0.15, -0.1) is 0 Å². The molecule has 1 aromatic heterocycles. The Bertz CT molecular complexity index is 253. The highest BCUT2D eigenvalue weighted by molar-refractivity contribution is 5.17. The molecule has 0 amide bonds. The van der Waals surface area contributed by atoms with E-state index in [1.807, 2.05) is 0 Å². The molecule has 0 spiro atoms. The number of hydrogen-bond acceptors (Lipinski definition) is 0. The van der Waals surface area contributed by atoms with Gasteiger partial charge in [-0.2, -0.15) is 0 Å². The molecule has 0 saturated heterocycles. The van der Waals surface area contributed by atoms with E-state index in [1.54, 1.807) is 0 Å². The third-order valence-corrected chi connectivity index (χ3v) is 2.72. The lowest BCUT2D eigenvalue weighted by Gasteiger charge is -2.06. The van der Waals surface area contributed by atoms with Crippen molar-refractivity contribution >= 4 is 0 Å². The van der Waals surface area contributed by atoms with E-state index >= 15 is 0 Å². The molecule has 1 heterocycles. The summed E-state index contributed by atoms with van der Waals surface area (Å²) in [5.41, 5.74) is 2.83. The minimum Gasteiger partial charge on any atom is -0.346 e. The molecule has 1 aromatic rings. The Hall–Kier alpha value is -0.720. The zero-order valence-corrected chi connectivity index (χ0v) is 7.46. The molecule has 1 aliphatic rings. The fourth-order valence-corrected chi connectivity index (χ4v) is 1.87. The lowest BCUT2D eigenvalue weighted by atomic mass is 10.4. The minimum atomic E-state index is 0.810. The first-order valence-corrected chi connectivity index (χ1v) is 4.34. The monoisotopic (exact) mass is 149 g/mol. The summed E-state index contributed by atoms with van der Waals surface area (Å²) in [4.78, 5) is 0. The van der Waals surface area contributed by atoms with Gasteiger partial charge in [0.1, 0.15) is 0 Å². The lowest BCUT2D eigenvalue weighted by molar-refractivity contribution is 0.653. The summed E-state index contributed by atoms with van der Waals surface area (Å²) in [5, 5.41) is 0. The zero-order valence-electron chi connectivity index (χ0n) is 7.46. The Labute approximate surface area is 68.0 Å². The first kappa shape index (κ1) is 6.96. The first-order valence-electron chi connectivity index (χ1n) is 4.34. The summed E-state index contributed by atoms with van der Waals surface area (Å²) in [6, 6.07) is 5.23. The number of aryl methyl sites for hydroxylation is 2. The second-order valence-corrected chi connectivity index (χ2v) is 3.77. The standard InChI is InChI=1S/C10H15N/c1-7-6-10(7)11-8(2)4-5-9(11)3/h4-5,7,10H,6H2,1-3H3. The van der Waals surface area contributed by atoms with Crippen molar-refractivity contribution in [2.75, 3.05) is 0 Å². The fourth-order valence-electron chi connectivity index (χ4n) is 1.87. The van der Waals surface area contributed by atoms with E-state index in [9.17, 15) is 0 Å². The molecule has 0 N–H and O–H groups in total. The van der Waals surface area contributed by atoms with Crippen molar-refractivity contribution in [2.45, 2.75) is 33.2 Å².